The lowest BCUT2D eigenvalue weighted by Crippen LogP contribution is -2.14. The highest BCUT2D eigenvalue weighted by Gasteiger charge is 2.14. The van der Waals surface area contributed by atoms with Crippen molar-refractivity contribution in [3.8, 4) is 11.5 Å². The van der Waals surface area contributed by atoms with Crippen LogP contribution in [0.3, 0.4) is 0 Å². The SMILES string of the molecule is O=C(CSCc1ccc(C(=O)Nc2ccc3c(c2)OCO3)cc1)Nc1ccc(F)cc1. The summed E-state index contributed by atoms with van der Waals surface area (Å²) >= 11 is 1.45. The van der Waals surface area contributed by atoms with E-state index in [1.807, 2.05) is 12.1 Å². The largest absolute Gasteiger partial charge is 0.454 e. The van der Waals surface area contributed by atoms with Crippen LogP contribution in [0, 0.1) is 5.82 Å². The molecule has 2 N–H and O–H groups in total. The fourth-order valence-electron chi connectivity index (χ4n) is 2.92. The first-order valence-corrected chi connectivity index (χ1v) is 10.7. The number of ether oxygens (including phenoxy) is 2. The zero-order chi connectivity index (χ0) is 21.6. The monoisotopic (exact) mass is 438 g/mol. The summed E-state index contributed by atoms with van der Waals surface area (Å²) in [5.41, 5.74) is 2.71. The first kappa shape index (κ1) is 20.7. The van der Waals surface area contributed by atoms with Crippen LogP contribution in [-0.2, 0) is 10.5 Å². The number of thioether (sulfide) groups is 1. The number of anilines is 2. The van der Waals surface area contributed by atoms with Gasteiger partial charge in [0, 0.05) is 28.8 Å². The zero-order valence-corrected chi connectivity index (χ0v) is 17.2. The van der Waals surface area contributed by atoms with E-state index in [-0.39, 0.29) is 30.2 Å². The molecule has 158 valence electrons. The highest BCUT2D eigenvalue weighted by atomic mass is 32.2. The Morgan fingerprint density at radius 2 is 1.58 bits per heavy atom. The lowest BCUT2D eigenvalue weighted by Gasteiger charge is -2.08. The Morgan fingerprint density at radius 1 is 0.871 bits per heavy atom. The maximum Gasteiger partial charge on any atom is 0.255 e. The van der Waals surface area contributed by atoms with Crippen molar-refractivity contribution in [2.75, 3.05) is 23.2 Å². The number of rotatable bonds is 7. The van der Waals surface area contributed by atoms with E-state index in [1.54, 1.807) is 30.3 Å². The Morgan fingerprint density at radius 3 is 2.35 bits per heavy atom. The Bertz CT molecular complexity index is 1090. The van der Waals surface area contributed by atoms with E-state index in [4.69, 9.17) is 9.47 Å². The molecule has 0 saturated carbocycles. The average molecular weight is 438 g/mol. The molecule has 1 aliphatic heterocycles. The Balaban J connectivity index is 1.24. The van der Waals surface area contributed by atoms with Crippen molar-refractivity contribution in [3.63, 3.8) is 0 Å². The number of halogens is 1. The van der Waals surface area contributed by atoms with Gasteiger partial charge >= 0.3 is 0 Å². The predicted octanol–water partition coefficient (Wildman–Crippen LogP) is 4.68. The minimum absolute atomic E-state index is 0.156. The van der Waals surface area contributed by atoms with Crippen LogP contribution in [0.1, 0.15) is 15.9 Å². The van der Waals surface area contributed by atoms with E-state index < -0.39 is 0 Å². The number of carbonyl (C=O) groups is 2. The van der Waals surface area contributed by atoms with Gasteiger partial charge in [-0.1, -0.05) is 12.1 Å². The van der Waals surface area contributed by atoms with Crippen molar-refractivity contribution < 1.29 is 23.5 Å². The molecule has 0 spiro atoms. The van der Waals surface area contributed by atoms with Gasteiger partial charge in [-0.3, -0.25) is 9.59 Å². The van der Waals surface area contributed by atoms with Crippen molar-refractivity contribution in [1.29, 1.82) is 0 Å². The van der Waals surface area contributed by atoms with Crippen LogP contribution in [-0.4, -0.2) is 24.4 Å². The van der Waals surface area contributed by atoms with E-state index in [0.717, 1.165) is 5.56 Å². The fourth-order valence-corrected chi connectivity index (χ4v) is 3.71. The second-order valence-corrected chi connectivity index (χ2v) is 7.75. The molecule has 3 aromatic carbocycles. The molecule has 0 aliphatic carbocycles. The summed E-state index contributed by atoms with van der Waals surface area (Å²) in [4.78, 5) is 24.4. The third kappa shape index (κ3) is 5.55. The minimum atomic E-state index is -0.347. The number of benzene rings is 3. The summed E-state index contributed by atoms with van der Waals surface area (Å²) < 4.78 is 23.5. The fraction of sp³-hybridized carbons (Fsp3) is 0.130. The number of nitrogens with one attached hydrogen (secondary N) is 2. The molecule has 3 aromatic rings. The standard InChI is InChI=1S/C23H19FN2O4S/c24-17-5-7-18(8-6-17)25-22(27)13-31-12-15-1-3-16(4-2-15)23(28)26-19-9-10-20-21(11-19)30-14-29-20/h1-11H,12-14H2,(H,25,27)(H,26,28). The lowest BCUT2D eigenvalue weighted by atomic mass is 10.1. The molecule has 0 radical (unpaired) electrons. The van der Waals surface area contributed by atoms with Gasteiger partial charge in [-0.25, -0.2) is 4.39 Å². The number of amides is 2. The van der Waals surface area contributed by atoms with Crippen LogP contribution in [0.2, 0.25) is 0 Å². The quantitative estimate of drug-likeness (QED) is 0.560. The molecule has 0 atom stereocenters. The average Bonchev–Trinajstić information content (AvgIpc) is 3.24. The Labute approximate surface area is 182 Å². The molecule has 8 heteroatoms. The molecule has 1 heterocycles. The molecular weight excluding hydrogens is 419 g/mol. The van der Waals surface area contributed by atoms with Crippen LogP contribution in [0.4, 0.5) is 15.8 Å². The van der Waals surface area contributed by atoms with Gasteiger partial charge in [0.15, 0.2) is 11.5 Å². The highest BCUT2D eigenvalue weighted by Crippen LogP contribution is 2.34. The number of fused-ring (bicyclic) bond motifs is 1. The molecule has 31 heavy (non-hydrogen) atoms. The number of hydrogen-bond donors (Lipinski definition) is 2. The predicted molar refractivity (Wildman–Crippen MR) is 118 cm³/mol. The third-order valence-corrected chi connectivity index (χ3v) is 5.48. The molecular formula is C23H19FN2O4S. The maximum atomic E-state index is 12.9. The van der Waals surface area contributed by atoms with Crippen molar-refractivity contribution in [2.24, 2.45) is 0 Å². The molecule has 0 saturated heterocycles. The van der Waals surface area contributed by atoms with Gasteiger partial charge in [0.25, 0.3) is 5.91 Å². The van der Waals surface area contributed by atoms with Gasteiger partial charge in [0.1, 0.15) is 5.82 Å². The summed E-state index contributed by atoms with van der Waals surface area (Å²) in [5, 5.41) is 5.56. The summed E-state index contributed by atoms with van der Waals surface area (Å²) in [5.74, 6) is 1.43. The van der Waals surface area contributed by atoms with Crippen LogP contribution in [0.25, 0.3) is 0 Å². The zero-order valence-electron chi connectivity index (χ0n) is 16.4. The normalized spacial score (nSPS) is 11.8. The molecule has 1 aliphatic rings. The first-order chi connectivity index (χ1) is 15.1. The minimum Gasteiger partial charge on any atom is -0.454 e. The van der Waals surface area contributed by atoms with E-state index in [9.17, 15) is 14.0 Å². The topological polar surface area (TPSA) is 76.7 Å². The van der Waals surface area contributed by atoms with E-state index in [2.05, 4.69) is 10.6 Å². The number of carbonyl (C=O) groups excluding carboxylic acids is 2. The van der Waals surface area contributed by atoms with Crippen LogP contribution < -0.4 is 20.1 Å². The van der Waals surface area contributed by atoms with Gasteiger partial charge in [-0.05, 0) is 54.1 Å². The maximum absolute atomic E-state index is 12.9. The van der Waals surface area contributed by atoms with Crippen molar-refractivity contribution in [3.05, 3.63) is 83.7 Å². The highest BCUT2D eigenvalue weighted by molar-refractivity contribution is 7.99. The van der Waals surface area contributed by atoms with Gasteiger partial charge < -0.3 is 20.1 Å². The van der Waals surface area contributed by atoms with Gasteiger partial charge in [-0.15, -0.1) is 11.8 Å². The molecule has 6 nitrogen and oxygen atoms in total. The molecule has 2 amide bonds. The lowest BCUT2D eigenvalue weighted by molar-refractivity contribution is -0.113. The van der Waals surface area contributed by atoms with Crippen molar-refractivity contribution >= 4 is 35.0 Å². The molecule has 4 rings (SSSR count). The summed E-state index contributed by atoms with van der Waals surface area (Å²) in [6, 6.07) is 18.1. The second kappa shape index (κ2) is 9.53. The third-order valence-electron chi connectivity index (χ3n) is 4.48. The Kier molecular flexibility index (Phi) is 6.37. The first-order valence-electron chi connectivity index (χ1n) is 9.50. The van der Waals surface area contributed by atoms with Gasteiger partial charge in [0.05, 0.1) is 5.75 Å². The molecule has 0 unspecified atom stereocenters. The van der Waals surface area contributed by atoms with Crippen LogP contribution in [0.5, 0.6) is 11.5 Å². The van der Waals surface area contributed by atoms with Crippen molar-refractivity contribution in [1.82, 2.24) is 0 Å². The Hall–Kier alpha value is -3.52. The number of hydrogen-bond acceptors (Lipinski definition) is 5. The summed E-state index contributed by atoms with van der Waals surface area (Å²) in [6.45, 7) is 0.181. The molecule has 0 fully saturated rings. The molecule has 0 bridgehead atoms. The van der Waals surface area contributed by atoms with Crippen LogP contribution in [0.15, 0.2) is 66.7 Å². The van der Waals surface area contributed by atoms with Crippen molar-refractivity contribution in [2.45, 2.75) is 5.75 Å². The summed E-state index contributed by atoms with van der Waals surface area (Å²) in [6.07, 6.45) is 0. The summed E-state index contributed by atoms with van der Waals surface area (Å²) in [7, 11) is 0. The van der Waals surface area contributed by atoms with Gasteiger partial charge in [0.2, 0.25) is 12.7 Å². The second-order valence-electron chi connectivity index (χ2n) is 6.77. The van der Waals surface area contributed by atoms with E-state index >= 15 is 0 Å². The molecule has 0 aromatic heterocycles. The van der Waals surface area contributed by atoms with Crippen LogP contribution >= 0.6 is 11.8 Å². The van der Waals surface area contributed by atoms with Gasteiger partial charge in [-0.2, -0.15) is 0 Å². The van der Waals surface area contributed by atoms with E-state index in [0.29, 0.717) is 34.2 Å². The van der Waals surface area contributed by atoms with E-state index in [1.165, 1.54) is 36.0 Å². The smallest absolute Gasteiger partial charge is 0.255 e.